The molecular weight excluding hydrogens is 1790 g/mol. The van der Waals surface area contributed by atoms with Crippen LogP contribution in [0.1, 0.15) is 0 Å². The highest BCUT2D eigenvalue weighted by Crippen LogP contribution is 2.42. The number of hydrogen-bond donors (Lipinski definition) is 8. The van der Waals surface area contributed by atoms with E-state index in [2.05, 4.69) is 312 Å². The highest BCUT2D eigenvalue weighted by Gasteiger charge is 2.24. The van der Waals surface area contributed by atoms with E-state index < -0.39 is 28.5 Å². The molecule has 0 radical (unpaired) electrons. The molecule has 0 heterocycles. The first kappa shape index (κ1) is 81.5. The molecule has 592 valence electrons. The molecular formula is C108H72B4Br4O8. The molecule has 0 aliphatic carbocycles. The van der Waals surface area contributed by atoms with Crippen LogP contribution in [0.3, 0.4) is 0 Å². The summed E-state index contributed by atoms with van der Waals surface area (Å²) in [6, 6.07) is 132. The van der Waals surface area contributed by atoms with Gasteiger partial charge in [0.15, 0.2) is 0 Å². The topological polar surface area (TPSA) is 162 Å². The Balaban J connectivity index is 0.0000000977. The average molecular weight is 1860 g/mol. The summed E-state index contributed by atoms with van der Waals surface area (Å²) >= 11 is 14.6. The summed E-state index contributed by atoms with van der Waals surface area (Å²) in [4.78, 5) is 0. The van der Waals surface area contributed by atoms with E-state index in [0.717, 1.165) is 93.3 Å². The minimum atomic E-state index is -1.60. The minimum Gasteiger partial charge on any atom is -0.423 e. The van der Waals surface area contributed by atoms with Crippen molar-refractivity contribution < 1.29 is 40.2 Å². The predicted molar refractivity (Wildman–Crippen MR) is 544 cm³/mol. The van der Waals surface area contributed by atoms with Gasteiger partial charge in [-0.25, -0.2) is 0 Å². The summed E-state index contributed by atoms with van der Waals surface area (Å²) in [6.07, 6.45) is 0. The molecule has 16 heteroatoms. The second kappa shape index (κ2) is 34.9. The highest BCUT2D eigenvalue weighted by molar-refractivity contribution is 9.11. The molecule has 124 heavy (non-hydrogen) atoms. The molecule has 0 atom stereocenters. The molecule has 24 aromatic rings. The molecule has 0 saturated heterocycles. The van der Waals surface area contributed by atoms with Crippen LogP contribution in [-0.2, 0) is 0 Å². The Labute approximate surface area is 747 Å². The predicted octanol–water partition coefficient (Wildman–Crippen LogP) is 24.6. The van der Waals surface area contributed by atoms with Gasteiger partial charge in [0.25, 0.3) is 0 Å². The first-order chi connectivity index (χ1) is 60.5. The zero-order valence-electron chi connectivity index (χ0n) is 66.3. The van der Waals surface area contributed by atoms with E-state index in [1.807, 2.05) is 121 Å². The molecule has 24 rings (SSSR count). The smallest absolute Gasteiger partial charge is 0.423 e. The third-order valence-electron chi connectivity index (χ3n) is 23.7. The van der Waals surface area contributed by atoms with E-state index in [9.17, 15) is 40.2 Å². The van der Waals surface area contributed by atoms with Crippen LogP contribution in [-0.4, -0.2) is 68.7 Å². The van der Waals surface area contributed by atoms with Gasteiger partial charge in [-0.05, 0) is 246 Å². The first-order valence-corrected chi connectivity index (χ1v) is 43.8. The van der Waals surface area contributed by atoms with E-state index in [1.165, 1.54) is 118 Å². The van der Waals surface area contributed by atoms with Crippen molar-refractivity contribution in [1.29, 1.82) is 0 Å². The van der Waals surface area contributed by atoms with Crippen molar-refractivity contribution in [2.75, 3.05) is 0 Å². The lowest BCUT2D eigenvalue weighted by Gasteiger charge is -2.15. The Hall–Kier alpha value is -12.2. The summed E-state index contributed by atoms with van der Waals surface area (Å²) in [5.74, 6) is 0. The van der Waals surface area contributed by atoms with E-state index >= 15 is 0 Å². The molecule has 0 saturated carbocycles. The van der Waals surface area contributed by atoms with Crippen molar-refractivity contribution in [3.8, 4) is 0 Å². The Morgan fingerprint density at radius 1 is 0.145 bits per heavy atom. The molecule has 0 amide bonds. The molecule has 0 aliphatic heterocycles. The first-order valence-electron chi connectivity index (χ1n) is 40.7. The number of benzene rings is 24. The van der Waals surface area contributed by atoms with E-state index in [0.29, 0.717) is 21.9 Å². The molecule has 0 aromatic heterocycles. The van der Waals surface area contributed by atoms with Gasteiger partial charge in [-0.2, -0.15) is 0 Å². The zero-order valence-corrected chi connectivity index (χ0v) is 72.7. The molecule has 24 aromatic carbocycles. The third kappa shape index (κ3) is 15.5. The fourth-order valence-electron chi connectivity index (χ4n) is 18.1. The number of rotatable bonds is 4. The number of halogens is 4. The van der Waals surface area contributed by atoms with Gasteiger partial charge in [-0.3, -0.25) is 0 Å². The SMILES string of the molecule is Brc1cc2cc(Br)c3ccccc3c2c2ccccc12.Brc1cc2ccc3ccccc3c2c2ccccc12.Brc1ccc2ccc3ccc4ccccc4c3c2c1.OB(O)c1cc2cc(B(O)O)c3ccccc3c2c2ccccc12.OB(O)c1cc2ccc3ccccc3c2c2ccccc12.OB(O)c1ccc2ccc3ccc4ccccc4c3c2c1. The molecule has 0 unspecified atom stereocenters. The Morgan fingerprint density at radius 3 is 0.685 bits per heavy atom. The molecule has 8 nitrogen and oxygen atoms in total. The van der Waals surface area contributed by atoms with E-state index in [1.54, 1.807) is 18.2 Å². The van der Waals surface area contributed by atoms with E-state index in [-0.39, 0.29) is 0 Å². The quantitative estimate of drug-likeness (QED) is 0.0638. The van der Waals surface area contributed by atoms with Gasteiger partial charge in [0.2, 0.25) is 0 Å². The molecule has 0 spiro atoms. The molecule has 0 bridgehead atoms. The van der Waals surface area contributed by atoms with Gasteiger partial charge < -0.3 is 40.2 Å². The fourth-order valence-corrected chi connectivity index (χ4v) is 20.2. The summed E-state index contributed by atoms with van der Waals surface area (Å²) in [5.41, 5.74) is 1.86. The second-order valence-electron chi connectivity index (χ2n) is 31.0. The van der Waals surface area contributed by atoms with Crippen molar-refractivity contribution in [3.05, 3.63) is 406 Å². The van der Waals surface area contributed by atoms with Gasteiger partial charge in [-0.15, -0.1) is 0 Å². The number of fused-ring (bicyclic) bond motifs is 30. The summed E-state index contributed by atoms with van der Waals surface area (Å²) in [7, 11) is -6.12. The van der Waals surface area contributed by atoms with Gasteiger partial charge >= 0.3 is 28.5 Å². The average Bonchev–Trinajstić information content (AvgIpc) is 0.760. The Morgan fingerprint density at radius 2 is 0.355 bits per heavy atom. The van der Waals surface area contributed by atoms with Crippen LogP contribution in [0.25, 0.3) is 194 Å². The lowest BCUT2D eigenvalue weighted by molar-refractivity contribution is 0.424. The van der Waals surface area contributed by atoms with Crippen LogP contribution < -0.4 is 21.9 Å². The maximum Gasteiger partial charge on any atom is 0.489 e. The Kier molecular flexibility index (Phi) is 22.9. The second-order valence-corrected chi connectivity index (χ2v) is 34.4. The van der Waals surface area contributed by atoms with Gasteiger partial charge in [-0.1, -0.05) is 422 Å². The molecule has 8 N–H and O–H groups in total. The largest absolute Gasteiger partial charge is 0.489 e. The number of hydrogen-bond acceptors (Lipinski definition) is 8. The lowest BCUT2D eigenvalue weighted by Crippen LogP contribution is -2.32. The standard InChI is InChI=1S/C18H14B2O4.2C18H13BO2.C18H10Br2.2C18H11Br/c21-19(22)16-9-11-10-17(20(23)24)13-6-2-4-8-15(13)18(11)14-7-3-1-5-12(14)16;20-19(21)17-11-13-10-9-12-5-1-2-6-14(12)18(13)16-8-4-3-7-15(16)17;20-19(21)15-10-9-13-6-8-14-7-5-12-3-1-2-4-16(12)18(14)17(13)11-15;19-16-9-11-10-17(20)13-6-2-4-8-15(13)18(11)14-7-3-1-5-12(14)16;19-17-11-13-10-9-12-5-1-2-6-14(12)18(13)16-8-4-3-7-15(16)17;19-15-10-9-13-6-8-14-7-5-12-3-1-2-4-16(12)18(14)17(13)11-15/h1-10,21-24H;2*1-11,20-21H;1-10H;2*1-11H. The van der Waals surface area contributed by atoms with E-state index in [4.69, 9.17) is 0 Å². The minimum absolute atomic E-state index is 0.395. The molecule has 0 aliphatic rings. The highest BCUT2D eigenvalue weighted by atomic mass is 79.9. The van der Waals surface area contributed by atoms with Crippen LogP contribution in [0.5, 0.6) is 0 Å². The van der Waals surface area contributed by atoms with Crippen molar-refractivity contribution in [2.24, 2.45) is 0 Å². The third-order valence-corrected chi connectivity index (χ3v) is 26.2. The van der Waals surface area contributed by atoms with Crippen molar-refractivity contribution in [3.63, 3.8) is 0 Å². The molecule has 0 fully saturated rings. The van der Waals surface area contributed by atoms with Crippen LogP contribution in [0.4, 0.5) is 0 Å². The Bertz CT molecular complexity index is 8120. The summed E-state index contributed by atoms with van der Waals surface area (Å²) in [6.45, 7) is 0. The van der Waals surface area contributed by atoms with Crippen LogP contribution in [0.2, 0.25) is 0 Å². The van der Waals surface area contributed by atoms with Crippen molar-refractivity contribution in [1.82, 2.24) is 0 Å². The van der Waals surface area contributed by atoms with Crippen molar-refractivity contribution in [2.45, 2.75) is 0 Å². The lowest BCUT2D eigenvalue weighted by atomic mass is 9.72. The summed E-state index contributed by atoms with van der Waals surface area (Å²) < 4.78 is 4.57. The van der Waals surface area contributed by atoms with Gasteiger partial charge in [0, 0.05) is 17.9 Å². The van der Waals surface area contributed by atoms with Crippen LogP contribution in [0.15, 0.2) is 406 Å². The summed E-state index contributed by atoms with van der Waals surface area (Å²) in [5, 5.41) is 119. The monoisotopic (exact) mass is 1860 g/mol. The van der Waals surface area contributed by atoms with Crippen molar-refractivity contribution >= 4 is 308 Å². The van der Waals surface area contributed by atoms with Gasteiger partial charge in [0.1, 0.15) is 0 Å². The maximum atomic E-state index is 9.73. The fraction of sp³-hybridized carbons (Fsp3) is 0. The normalized spacial score (nSPS) is 11.4. The van der Waals surface area contributed by atoms with Gasteiger partial charge in [0.05, 0.1) is 0 Å². The van der Waals surface area contributed by atoms with Crippen LogP contribution in [0, 0.1) is 0 Å². The zero-order chi connectivity index (χ0) is 85.0. The maximum absolute atomic E-state index is 9.73. The van der Waals surface area contributed by atoms with Crippen LogP contribution >= 0.6 is 63.7 Å².